The normalized spacial score (nSPS) is 16.3. The molecule has 0 aromatic heterocycles. The quantitative estimate of drug-likeness (QED) is 0.774. The van der Waals surface area contributed by atoms with Gasteiger partial charge >= 0.3 is 0 Å². The standard InChI is InChI=1S/C20H21NO2S/c1-20(22,15-24(23,21-2)17-11-4-3-5-12-17)19-14-8-10-16-9-6-7-13-18(16)19/h3-14,22H,15H2,1-2H3/t20?,24-/m0/s1. The van der Waals surface area contributed by atoms with E-state index in [0.717, 1.165) is 16.3 Å². The van der Waals surface area contributed by atoms with Crippen LogP contribution in [0.15, 0.2) is 82.1 Å². The maximum Gasteiger partial charge on any atom is 0.100 e. The van der Waals surface area contributed by atoms with Crippen LogP contribution >= 0.6 is 0 Å². The lowest BCUT2D eigenvalue weighted by molar-refractivity contribution is 0.0842. The summed E-state index contributed by atoms with van der Waals surface area (Å²) in [7, 11) is -1.16. The van der Waals surface area contributed by atoms with E-state index in [2.05, 4.69) is 4.36 Å². The van der Waals surface area contributed by atoms with Crippen molar-refractivity contribution in [2.75, 3.05) is 12.8 Å². The molecule has 0 fully saturated rings. The molecule has 0 radical (unpaired) electrons. The van der Waals surface area contributed by atoms with E-state index in [4.69, 9.17) is 0 Å². The number of aliphatic hydroxyl groups is 1. The molecule has 0 bridgehead atoms. The minimum atomic E-state index is -2.71. The molecule has 3 aromatic carbocycles. The van der Waals surface area contributed by atoms with Crippen molar-refractivity contribution < 1.29 is 9.32 Å². The molecule has 0 amide bonds. The summed E-state index contributed by atoms with van der Waals surface area (Å²) in [5, 5.41) is 13.2. The van der Waals surface area contributed by atoms with E-state index in [1.807, 2.05) is 60.7 Å². The monoisotopic (exact) mass is 339 g/mol. The van der Waals surface area contributed by atoms with Crippen LogP contribution in [0.2, 0.25) is 0 Å². The number of hydrogen-bond donors (Lipinski definition) is 1. The predicted octanol–water partition coefficient (Wildman–Crippen LogP) is 4.20. The molecule has 24 heavy (non-hydrogen) atoms. The first-order chi connectivity index (χ1) is 11.5. The van der Waals surface area contributed by atoms with Crippen LogP contribution in [0.4, 0.5) is 0 Å². The molecule has 0 spiro atoms. The Kier molecular flexibility index (Phi) is 4.43. The van der Waals surface area contributed by atoms with Crippen molar-refractivity contribution >= 4 is 20.5 Å². The fourth-order valence-electron chi connectivity index (χ4n) is 3.04. The Morgan fingerprint density at radius 3 is 2.29 bits per heavy atom. The summed E-state index contributed by atoms with van der Waals surface area (Å²) in [4.78, 5) is 0.646. The molecule has 0 saturated heterocycles. The molecule has 124 valence electrons. The molecule has 0 aliphatic carbocycles. The minimum Gasteiger partial charge on any atom is -0.384 e. The van der Waals surface area contributed by atoms with Crippen LogP contribution in [-0.2, 0) is 15.3 Å². The first kappa shape index (κ1) is 16.7. The van der Waals surface area contributed by atoms with Gasteiger partial charge in [-0.05, 0) is 35.4 Å². The zero-order valence-electron chi connectivity index (χ0n) is 13.8. The summed E-state index contributed by atoms with van der Waals surface area (Å²) in [6, 6.07) is 22.9. The van der Waals surface area contributed by atoms with Crippen molar-refractivity contribution in [3.63, 3.8) is 0 Å². The van der Waals surface area contributed by atoms with E-state index < -0.39 is 15.3 Å². The van der Waals surface area contributed by atoms with Gasteiger partial charge in [-0.1, -0.05) is 60.7 Å². The first-order valence-electron chi connectivity index (χ1n) is 7.85. The highest BCUT2D eigenvalue weighted by molar-refractivity contribution is 7.93. The van der Waals surface area contributed by atoms with Gasteiger partial charge in [-0.15, -0.1) is 0 Å². The number of fused-ring (bicyclic) bond motifs is 1. The molecular formula is C20H21NO2S. The van der Waals surface area contributed by atoms with E-state index in [1.54, 1.807) is 26.1 Å². The van der Waals surface area contributed by atoms with Gasteiger partial charge in [0.25, 0.3) is 0 Å². The Bertz CT molecular complexity index is 966. The molecule has 3 rings (SSSR count). The highest BCUT2D eigenvalue weighted by Crippen LogP contribution is 2.32. The predicted molar refractivity (Wildman–Crippen MR) is 99.6 cm³/mol. The average molecular weight is 339 g/mol. The highest BCUT2D eigenvalue weighted by Gasteiger charge is 2.31. The SMILES string of the molecule is CN=[S@](=O)(CC(C)(O)c1cccc2ccccc12)c1ccccc1. The molecule has 4 heteroatoms. The zero-order chi connectivity index (χ0) is 17.2. The fourth-order valence-corrected chi connectivity index (χ4v) is 5.05. The smallest absolute Gasteiger partial charge is 0.100 e. The number of nitrogens with zero attached hydrogens (tertiary/aromatic N) is 1. The summed E-state index contributed by atoms with van der Waals surface area (Å²) >= 11 is 0. The molecule has 3 aromatic rings. The lowest BCUT2D eigenvalue weighted by atomic mass is 9.92. The van der Waals surface area contributed by atoms with E-state index >= 15 is 0 Å². The second-order valence-electron chi connectivity index (χ2n) is 6.08. The minimum absolute atomic E-state index is 0.0501. The van der Waals surface area contributed by atoms with E-state index in [9.17, 15) is 9.32 Å². The summed E-state index contributed by atoms with van der Waals surface area (Å²) in [5.41, 5.74) is -0.485. The first-order valence-corrected chi connectivity index (χ1v) is 9.53. The van der Waals surface area contributed by atoms with Crippen molar-refractivity contribution in [3.8, 4) is 0 Å². The van der Waals surface area contributed by atoms with Gasteiger partial charge in [-0.3, -0.25) is 0 Å². The van der Waals surface area contributed by atoms with Gasteiger partial charge in [0.15, 0.2) is 0 Å². The van der Waals surface area contributed by atoms with Gasteiger partial charge in [0, 0.05) is 11.9 Å². The molecule has 3 nitrogen and oxygen atoms in total. The number of rotatable bonds is 4. The van der Waals surface area contributed by atoms with Crippen molar-refractivity contribution in [3.05, 3.63) is 78.4 Å². The van der Waals surface area contributed by atoms with Gasteiger partial charge in [0.05, 0.1) is 15.5 Å². The van der Waals surface area contributed by atoms with E-state index in [0.29, 0.717) is 4.90 Å². The summed E-state index contributed by atoms with van der Waals surface area (Å²) in [5.74, 6) is 0.0501. The molecule has 1 N–H and O–H groups in total. The second kappa shape index (κ2) is 6.38. The van der Waals surface area contributed by atoms with Crippen LogP contribution in [0, 0.1) is 0 Å². The van der Waals surface area contributed by atoms with Crippen molar-refractivity contribution in [1.82, 2.24) is 0 Å². The highest BCUT2D eigenvalue weighted by atomic mass is 32.2. The summed E-state index contributed by atoms with van der Waals surface area (Å²) in [6.07, 6.45) is 0. The molecule has 2 atom stereocenters. The number of benzene rings is 3. The molecule has 0 saturated carbocycles. The molecular weight excluding hydrogens is 318 g/mol. The third-order valence-electron chi connectivity index (χ3n) is 4.25. The van der Waals surface area contributed by atoms with Crippen LogP contribution in [-0.4, -0.2) is 22.1 Å². The van der Waals surface area contributed by atoms with Crippen LogP contribution in [0.5, 0.6) is 0 Å². The molecule has 0 heterocycles. The summed E-state index contributed by atoms with van der Waals surface area (Å²) in [6.45, 7) is 1.71. The second-order valence-corrected chi connectivity index (χ2v) is 8.49. The third-order valence-corrected chi connectivity index (χ3v) is 6.81. The Hall–Kier alpha value is -2.17. The van der Waals surface area contributed by atoms with E-state index in [-0.39, 0.29) is 5.75 Å². The maximum atomic E-state index is 13.4. The van der Waals surface area contributed by atoms with E-state index in [1.165, 1.54) is 0 Å². The Morgan fingerprint density at radius 2 is 1.58 bits per heavy atom. The van der Waals surface area contributed by atoms with Crippen molar-refractivity contribution in [2.45, 2.75) is 17.4 Å². The lowest BCUT2D eigenvalue weighted by Crippen LogP contribution is -2.31. The molecule has 1 unspecified atom stereocenters. The molecule has 0 aliphatic rings. The fraction of sp³-hybridized carbons (Fsp3) is 0.200. The average Bonchev–Trinajstić information content (AvgIpc) is 2.61. The summed E-state index contributed by atoms with van der Waals surface area (Å²) < 4.78 is 17.5. The largest absolute Gasteiger partial charge is 0.384 e. The van der Waals surface area contributed by atoms with Gasteiger partial charge in [0.2, 0.25) is 0 Å². The lowest BCUT2D eigenvalue weighted by Gasteiger charge is -2.27. The van der Waals surface area contributed by atoms with Gasteiger partial charge < -0.3 is 5.11 Å². The van der Waals surface area contributed by atoms with Crippen LogP contribution in [0.25, 0.3) is 10.8 Å². The van der Waals surface area contributed by atoms with Gasteiger partial charge in [0.1, 0.15) is 5.60 Å². The van der Waals surface area contributed by atoms with Gasteiger partial charge in [-0.25, -0.2) is 8.57 Å². The van der Waals surface area contributed by atoms with Crippen molar-refractivity contribution in [2.24, 2.45) is 4.36 Å². The zero-order valence-corrected chi connectivity index (χ0v) is 14.7. The maximum absolute atomic E-state index is 13.4. The Labute approximate surface area is 143 Å². The Morgan fingerprint density at radius 1 is 0.958 bits per heavy atom. The van der Waals surface area contributed by atoms with Gasteiger partial charge in [-0.2, -0.15) is 0 Å². The number of hydrogen-bond acceptors (Lipinski definition) is 3. The topological polar surface area (TPSA) is 49.7 Å². The van der Waals surface area contributed by atoms with Crippen molar-refractivity contribution in [1.29, 1.82) is 0 Å². The van der Waals surface area contributed by atoms with Crippen LogP contribution in [0.1, 0.15) is 12.5 Å². The Balaban J connectivity index is 2.09. The van der Waals surface area contributed by atoms with Crippen LogP contribution in [0.3, 0.4) is 0 Å². The molecule has 0 aliphatic heterocycles. The van der Waals surface area contributed by atoms with Crippen LogP contribution < -0.4 is 0 Å². The third kappa shape index (κ3) is 3.07.